The van der Waals surface area contributed by atoms with E-state index < -0.39 is 0 Å². The highest BCUT2D eigenvalue weighted by Crippen LogP contribution is 2.34. The molecule has 0 atom stereocenters. The minimum Gasteiger partial charge on any atom is -0.349 e. The molecule has 36 heavy (non-hydrogen) atoms. The van der Waals surface area contributed by atoms with Crippen LogP contribution in [-0.4, -0.2) is 38.5 Å². The lowest BCUT2D eigenvalue weighted by Crippen LogP contribution is -2.44. The molecule has 0 aromatic heterocycles. The molecule has 2 saturated heterocycles. The van der Waals surface area contributed by atoms with Crippen molar-refractivity contribution < 1.29 is 0 Å². The number of hydrogen-bond donors (Lipinski definition) is 0. The molecule has 4 aromatic rings. The zero-order valence-electron chi connectivity index (χ0n) is 20.7. The Labute approximate surface area is 215 Å². The minimum atomic E-state index is 0.325. The Balaban J connectivity index is 1.30. The second kappa shape index (κ2) is 10.4. The molecule has 2 aliphatic heterocycles. The van der Waals surface area contributed by atoms with Crippen LogP contribution in [0, 0.1) is 0 Å². The number of nitrogens with zero attached hydrogens (tertiary/aromatic N) is 4. The van der Waals surface area contributed by atoms with Gasteiger partial charge in [0.1, 0.15) is 12.3 Å². The Morgan fingerprint density at radius 3 is 0.806 bits per heavy atom. The second-order valence-corrected chi connectivity index (χ2v) is 9.65. The third-order valence-corrected chi connectivity index (χ3v) is 7.64. The van der Waals surface area contributed by atoms with Gasteiger partial charge >= 0.3 is 0 Å². The van der Waals surface area contributed by atoms with Gasteiger partial charge in [0, 0.05) is 48.9 Å². The molecule has 0 amide bonds. The van der Waals surface area contributed by atoms with Crippen LogP contribution < -0.4 is 19.6 Å². The highest BCUT2D eigenvalue weighted by Gasteiger charge is 2.37. The van der Waals surface area contributed by atoms with E-state index >= 15 is 0 Å². The van der Waals surface area contributed by atoms with Crippen molar-refractivity contribution in [2.75, 3.05) is 45.8 Å². The van der Waals surface area contributed by atoms with Gasteiger partial charge in [-0.15, -0.1) is 0 Å². The van der Waals surface area contributed by atoms with Gasteiger partial charge < -0.3 is 19.6 Å². The van der Waals surface area contributed by atoms with E-state index in [0.29, 0.717) is 12.3 Å². The van der Waals surface area contributed by atoms with Crippen LogP contribution in [0.3, 0.4) is 0 Å². The topological polar surface area (TPSA) is 13.0 Å². The molecule has 0 bridgehead atoms. The van der Waals surface area contributed by atoms with Gasteiger partial charge in [-0.05, 0) is 61.4 Å². The molecule has 0 spiro atoms. The molecule has 0 N–H and O–H groups in total. The van der Waals surface area contributed by atoms with Gasteiger partial charge in [0.2, 0.25) is 0 Å². The maximum atomic E-state index is 2.60. The van der Waals surface area contributed by atoms with Crippen molar-refractivity contribution in [3.63, 3.8) is 0 Å². The predicted octanol–water partition coefficient (Wildman–Crippen LogP) is 6.47. The predicted molar refractivity (Wildman–Crippen MR) is 152 cm³/mol. The molecule has 2 aliphatic rings. The van der Waals surface area contributed by atoms with Crippen LogP contribution in [0.25, 0.3) is 0 Å². The fourth-order valence-corrected chi connectivity index (χ4v) is 5.97. The molecule has 0 radical (unpaired) electrons. The molecule has 0 saturated carbocycles. The standard InChI is InChI=1S/C32H34N4/c1-5-13-27(14-6-1)33-23-24-34(28-15-7-2-8-16-28)31(33)21-22-32-35(29-17-9-3-10-18-29)25-26-36(32)30-19-11-4-12-20-30/h1-20,31-32H,21-26H2. The van der Waals surface area contributed by atoms with Crippen LogP contribution in [0.1, 0.15) is 12.8 Å². The lowest BCUT2D eigenvalue weighted by Gasteiger charge is -2.37. The van der Waals surface area contributed by atoms with Gasteiger partial charge in [-0.2, -0.15) is 0 Å². The summed E-state index contributed by atoms with van der Waals surface area (Å²) in [5.74, 6) is 0. The van der Waals surface area contributed by atoms with Crippen molar-refractivity contribution in [2.24, 2.45) is 0 Å². The third-order valence-electron chi connectivity index (χ3n) is 7.64. The Bertz CT molecular complexity index is 1020. The number of para-hydroxylation sites is 4. The molecule has 0 unspecified atom stereocenters. The normalized spacial score (nSPS) is 16.8. The van der Waals surface area contributed by atoms with E-state index in [-0.39, 0.29) is 0 Å². The van der Waals surface area contributed by atoms with Crippen LogP contribution in [0.4, 0.5) is 22.7 Å². The first-order valence-corrected chi connectivity index (χ1v) is 13.2. The zero-order chi connectivity index (χ0) is 24.2. The maximum absolute atomic E-state index is 2.60. The van der Waals surface area contributed by atoms with Gasteiger partial charge in [-0.3, -0.25) is 0 Å². The lowest BCUT2D eigenvalue weighted by molar-refractivity contribution is 0.517. The molecular formula is C32H34N4. The molecule has 2 fully saturated rings. The highest BCUT2D eigenvalue weighted by molar-refractivity contribution is 5.58. The van der Waals surface area contributed by atoms with Crippen molar-refractivity contribution >= 4 is 22.7 Å². The van der Waals surface area contributed by atoms with E-state index in [4.69, 9.17) is 0 Å². The van der Waals surface area contributed by atoms with E-state index in [1.54, 1.807) is 0 Å². The molecular weight excluding hydrogens is 440 g/mol. The van der Waals surface area contributed by atoms with E-state index in [2.05, 4.69) is 141 Å². The van der Waals surface area contributed by atoms with Gasteiger partial charge in [-0.1, -0.05) is 72.8 Å². The van der Waals surface area contributed by atoms with E-state index in [0.717, 1.165) is 39.0 Å². The SMILES string of the molecule is c1ccc(N2CCN(c3ccccc3)C2CCC2N(c3ccccc3)CCN2c2ccccc2)cc1. The fraction of sp³-hybridized carbons (Fsp3) is 0.250. The summed E-state index contributed by atoms with van der Waals surface area (Å²) in [6.07, 6.45) is 2.82. The number of rotatable bonds is 7. The first-order chi connectivity index (χ1) is 17.9. The first-order valence-electron chi connectivity index (χ1n) is 13.2. The average Bonchev–Trinajstić information content (AvgIpc) is 3.58. The van der Waals surface area contributed by atoms with E-state index in [9.17, 15) is 0 Å². The Morgan fingerprint density at radius 2 is 0.583 bits per heavy atom. The van der Waals surface area contributed by atoms with Crippen molar-refractivity contribution in [3.8, 4) is 0 Å². The van der Waals surface area contributed by atoms with E-state index in [1.807, 2.05) is 0 Å². The molecule has 4 aromatic carbocycles. The summed E-state index contributed by atoms with van der Waals surface area (Å²) >= 11 is 0. The van der Waals surface area contributed by atoms with Crippen LogP contribution in [0.5, 0.6) is 0 Å². The maximum Gasteiger partial charge on any atom is 0.102 e. The summed E-state index contributed by atoms with van der Waals surface area (Å²) in [6.45, 7) is 4.16. The Kier molecular flexibility index (Phi) is 6.49. The molecule has 182 valence electrons. The monoisotopic (exact) mass is 474 g/mol. The summed E-state index contributed by atoms with van der Waals surface area (Å²) in [5.41, 5.74) is 5.25. The van der Waals surface area contributed by atoms with Crippen LogP contribution in [0.2, 0.25) is 0 Å². The second-order valence-electron chi connectivity index (χ2n) is 9.65. The van der Waals surface area contributed by atoms with Gasteiger partial charge in [-0.25, -0.2) is 0 Å². The van der Waals surface area contributed by atoms with Gasteiger partial charge in [0.15, 0.2) is 0 Å². The van der Waals surface area contributed by atoms with E-state index in [1.165, 1.54) is 22.7 Å². The molecule has 6 rings (SSSR count). The molecule has 4 heteroatoms. The first kappa shape index (κ1) is 22.5. The van der Waals surface area contributed by atoms with Crippen molar-refractivity contribution in [1.82, 2.24) is 0 Å². The van der Waals surface area contributed by atoms with Crippen LogP contribution in [-0.2, 0) is 0 Å². The Morgan fingerprint density at radius 1 is 0.361 bits per heavy atom. The van der Waals surface area contributed by atoms with Crippen LogP contribution >= 0.6 is 0 Å². The smallest absolute Gasteiger partial charge is 0.102 e. The number of benzene rings is 4. The summed E-state index contributed by atoms with van der Waals surface area (Å²) in [7, 11) is 0. The molecule has 0 aliphatic carbocycles. The minimum absolute atomic E-state index is 0.325. The van der Waals surface area contributed by atoms with Crippen molar-refractivity contribution in [2.45, 2.75) is 25.2 Å². The molecule has 2 heterocycles. The summed E-state index contributed by atoms with van der Waals surface area (Å²) < 4.78 is 0. The Hall–Kier alpha value is -3.92. The third kappa shape index (κ3) is 4.51. The summed E-state index contributed by atoms with van der Waals surface area (Å²) in [6, 6.07) is 43.7. The van der Waals surface area contributed by atoms with Gasteiger partial charge in [0.25, 0.3) is 0 Å². The number of hydrogen-bond acceptors (Lipinski definition) is 4. The van der Waals surface area contributed by atoms with Crippen LogP contribution in [0.15, 0.2) is 121 Å². The summed E-state index contributed by atoms with van der Waals surface area (Å²) in [4.78, 5) is 10.4. The number of anilines is 4. The van der Waals surface area contributed by atoms with Crippen molar-refractivity contribution in [3.05, 3.63) is 121 Å². The quantitative estimate of drug-likeness (QED) is 0.304. The zero-order valence-corrected chi connectivity index (χ0v) is 20.7. The van der Waals surface area contributed by atoms with Crippen molar-refractivity contribution in [1.29, 1.82) is 0 Å². The van der Waals surface area contributed by atoms with Gasteiger partial charge in [0.05, 0.1) is 0 Å². The lowest BCUT2D eigenvalue weighted by atomic mass is 10.1. The summed E-state index contributed by atoms with van der Waals surface area (Å²) in [5, 5.41) is 0. The fourth-order valence-electron chi connectivity index (χ4n) is 5.97. The highest BCUT2D eigenvalue weighted by atomic mass is 15.4. The molecule has 4 nitrogen and oxygen atoms in total. The average molecular weight is 475 g/mol. The largest absolute Gasteiger partial charge is 0.349 e.